The third kappa shape index (κ3) is 3.95. The Morgan fingerprint density at radius 1 is 1.35 bits per heavy atom. The third-order valence-electron chi connectivity index (χ3n) is 4.74. The number of hydrogen-bond acceptors (Lipinski definition) is 5. The van der Waals surface area contributed by atoms with Crippen molar-refractivity contribution in [3.05, 3.63) is 41.5 Å². The number of carbonyl (C=O) groups excluding carboxylic acids is 1. The number of nitrogens with zero attached hydrogens (tertiary/aromatic N) is 3. The Bertz CT molecular complexity index is 883. The van der Waals surface area contributed by atoms with Crippen molar-refractivity contribution in [2.75, 3.05) is 19.3 Å². The number of carbonyl (C=O) groups is 1. The second-order valence-corrected chi connectivity index (χ2v) is 8.74. The van der Waals surface area contributed by atoms with E-state index < -0.39 is 9.84 Å². The number of sulfone groups is 1. The summed E-state index contributed by atoms with van der Waals surface area (Å²) >= 11 is 0. The van der Waals surface area contributed by atoms with E-state index in [0.29, 0.717) is 42.2 Å². The van der Waals surface area contributed by atoms with Crippen LogP contribution in [-0.2, 0) is 16.3 Å². The van der Waals surface area contributed by atoms with E-state index in [4.69, 9.17) is 0 Å². The van der Waals surface area contributed by atoms with Crippen molar-refractivity contribution in [2.24, 2.45) is 0 Å². The number of piperidine rings is 1. The highest BCUT2D eigenvalue weighted by Gasteiger charge is 2.29. The number of H-pyrrole nitrogens is 1. The molecule has 1 saturated heterocycles. The Balaban J connectivity index is 1.69. The number of aromatic amines is 1. The summed E-state index contributed by atoms with van der Waals surface area (Å²) in [4.78, 5) is 19.0. The summed E-state index contributed by atoms with van der Waals surface area (Å²) in [6, 6.07) is 5.07. The van der Waals surface area contributed by atoms with Crippen LogP contribution < -0.4 is 0 Å². The molecule has 2 aromatic heterocycles. The summed E-state index contributed by atoms with van der Waals surface area (Å²) in [5.41, 5.74) is 2.03. The summed E-state index contributed by atoms with van der Waals surface area (Å²) in [7, 11) is -3.32. The van der Waals surface area contributed by atoms with Crippen molar-refractivity contribution in [3.63, 3.8) is 0 Å². The van der Waals surface area contributed by atoms with E-state index in [-0.39, 0.29) is 11.8 Å². The van der Waals surface area contributed by atoms with Crippen LogP contribution in [0.5, 0.6) is 0 Å². The molecule has 0 atom stereocenters. The normalized spacial score (nSPS) is 16.0. The predicted octanol–water partition coefficient (Wildman–Crippen LogP) is 2.18. The van der Waals surface area contributed by atoms with Crippen LogP contribution in [0.1, 0.15) is 54.0 Å². The fourth-order valence-corrected chi connectivity index (χ4v) is 4.33. The lowest BCUT2D eigenvalue weighted by Gasteiger charge is -2.31. The first-order valence-electron chi connectivity index (χ1n) is 8.88. The number of likely N-dealkylation sites (tertiary alicyclic amines) is 1. The van der Waals surface area contributed by atoms with Gasteiger partial charge in [0.05, 0.1) is 10.6 Å². The minimum absolute atomic E-state index is 0.0415. The molecule has 1 aliphatic heterocycles. The smallest absolute Gasteiger partial charge is 0.274 e. The van der Waals surface area contributed by atoms with Crippen molar-refractivity contribution >= 4 is 15.7 Å². The number of nitrogens with one attached hydrogen (secondary N) is 1. The SMILES string of the molecule is CCCc1cc(C(=O)N2CCC(c3ncccc3S(C)(=O)=O)CC2)n[nH]1. The molecule has 1 amide bonds. The van der Waals surface area contributed by atoms with Gasteiger partial charge in [0.15, 0.2) is 9.84 Å². The molecule has 0 spiro atoms. The predicted molar refractivity (Wildman–Crippen MR) is 97.8 cm³/mol. The summed E-state index contributed by atoms with van der Waals surface area (Å²) in [6.07, 6.45) is 6.08. The quantitative estimate of drug-likeness (QED) is 0.863. The lowest BCUT2D eigenvalue weighted by Crippen LogP contribution is -2.38. The molecule has 8 heteroatoms. The maximum Gasteiger partial charge on any atom is 0.274 e. The molecule has 2 aromatic rings. The van der Waals surface area contributed by atoms with Gasteiger partial charge >= 0.3 is 0 Å². The minimum atomic E-state index is -3.32. The molecule has 0 unspecified atom stereocenters. The highest BCUT2D eigenvalue weighted by atomic mass is 32.2. The van der Waals surface area contributed by atoms with Gasteiger partial charge in [-0.15, -0.1) is 0 Å². The van der Waals surface area contributed by atoms with Crippen molar-refractivity contribution in [1.82, 2.24) is 20.1 Å². The first kappa shape index (κ1) is 18.6. The van der Waals surface area contributed by atoms with E-state index in [1.54, 1.807) is 23.2 Å². The molecule has 0 bridgehead atoms. The van der Waals surface area contributed by atoms with Crippen LogP contribution in [0.3, 0.4) is 0 Å². The van der Waals surface area contributed by atoms with E-state index in [1.807, 2.05) is 6.07 Å². The van der Waals surface area contributed by atoms with Crippen LogP contribution in [0.2, 0.25) is 0 Å². The molecule has 0 aliphatic carbocycles. The average Bonchev–Trinajstić information content (AvgIpc) is 3.09. The molecule has 0 saturated carbocycles. The Morgan fingerprint density at radius 3 is 2.73 bits per heavy atom. The fourth-order valence-electron chi connectivity index (χ4n) is 3.41. The molecule has 7 nitrogen and oxygen atoms in total. The van der Waals surface area contributed by atoms with Gasteiger partial charge < -0.3 is 4.90 Å². The van der Waals surface area contributed by atoms with E-state index in [1.165, 1.54) is 6.26 Å². The van der Waals surface area contributed by atoms with Gasteiger partial charge in [-0.3, -0.25) is 14.9 Å². The molecule has 26 heavy (non-hydrogen) atoms. The monoisotopic (exact) mass is 376 g/mol. The molecule has 0 radical (unpaired) electrons. The summed E-state index contributed by atoms with van der Waals surface area (Å²) in [5.74, 6) is -0.0359. The summed E-state index contributed by atoms with van der Waals surface area (Å²) in [6.45, 7) is 3.22. The first-order chi connectivity index (χ1) is 12.4. The summed E-state index contributed by atoms with van der Waals surface area (Å²) in [5, 5.41) is 7.04. The van der Waals surface area contributed by atoms with Crippen LogP contribution >= 0.6 is 0 Å². The maximum atomic E-state index is 12.6. The van der Waals surface area contributed by atoms with E-state index in [2.05, 4.69) is 22.1 Å². The van der Waals surface area contributed by atoms with Gasteiger partial charge in [-0.2, -0.15) is 5.10 Å². The van der Waals surface area contributed by atoms with Crippen molar-refractivity contribution in [1.29, 1.82) is 0 Å². The van der Waals surface area contributed by atoms with Crippen LogP contribution in [-0.4, -0.2) is 53.8 Å². The highest BCUT2D eigenvalue weighted by Crippen LogP contribution is 2.31. The molecule has 1 fully saturated rings. The molecule has 3 heterocycles. The third-order valence-corrected chi connectivity index (χ3v) is 5.88. The first-order valence-corrected chi connectivity index (χ1v) is 10.8. The number of aryl methyl sites for hydroxylation is 1. The van der Waals surface area contributed by atoms with Gasteiger partial charge in [-0.25, -0.2) is 8.42 Å². The second kappa shape index (κ2) is 7.57. The van der Waals surface area contributed by atoms with Crippen molar-refractivity contribution in [2.45, 2.75) is 43.4 Å². The van der Waals surface area contributed by atoms with E-state index in [0.717, 1.165) is 18.5 Å². The Hall–Kier alpha value is -2.22. The minimum Gasteiger partial charge on any atom is -0.337 e. The molecule has 140 valence electrons. The molecular formula is C18H24N4O3S. The Kier molecular flexibility index (Phi) is 5.41. The van der Waals surface area contributed by atoms with Gasteiger partial charge in [0.2, 0.25) is 0 Å². The van der Waals surface area contributed by atoms with Gasteiger partial charge in [-0.05, 0) is 37.5 Å². The topological polar surface area (TPSA) is 96.0 Å². The van der Waals surface area contributed by atoms with E-state index in [9.17, 15) is 13.2 Å². The number of rotatable bonds is 5. The second-order valence-electron chi connectivity index (χ2n) is 6.75. The van der Waals surface area contributed by atoms with E-state index >= 15 is 0 Å². The van der Waals surface area contributed by atoms with Crippen molar-refractivity contribution in [3.8, 4) is 0 Å². The molecule has 0 aromatic carbocycles. The fraction of sp³-hybridized carbons (Fsp3) is 0.500. The zero-order valence-corrected chi connectivity index (χ0v) is 15.9. The van der Waals surface area contributed by atoms with Crippen LogP contribution in [0, 0.1) is 0 Å². The largest absolute Gasteiger partial charge is 0.337 e. The zero-order chi connectivity index (χ0) is 18.7. The zero-order valence-electron chi connectivity index (χ0n) is 15.1. The van der Waals surface area contributed by atoms with Crippen LogP contribution in [0.25, 0.3) is 0 Å². The van der Waals surface area contributed by atoms with Gasteiger partial charge in [0, 0.05) is 37.2 Å². The lowest BCUT2D eigenvalue weighted by atomic mass is 9.93. The van der Waals surface area contributed by atoms with Crippen LogP contribution in [0.4, 0.5) is 0 Å². The Labute approximate surface area is 153 Å². The standard InChI is InChI=1S/C18H24N4O3S/c1-3-5-14-12-15(21-20-14)18(23)22-10-7-13(8-11-22)17-16(26(2,24)25)6-4-9-19-17/h4,6,9,12-13H,3,5,7-8,10-11H2,1-2H3,(H,20,21). The molecule has 1 N–H and O–H groups in total. The molecule has 1 aliphatic rings. The molecule has 3 rings (SSSR count). The average molecular weight is 376 g/mol. The molecular weight excluding hydrogens is 352 g/mol. The van der Waals surface area contributed by atoms with Crippen LogP contribution in [0.15, 0.2) is 29.3 Å². The van der Waals surface area contributed by atoms with Gasteiger partial charge in [0.25, 0.3) is 5.91 Å². The summed E-state index contributed by atoms with van der Waals surface area (Å²) < 4.78 is 24.0. The number of hydrogen-bond donors (Lipinski definition) is 1. The number of pyridine rings is 1. The van der Waals surface area contributed by atoms with Crippen molar-refractivity contribution < 1.29 is 13.2 Å². The lowest BCUT2D eigenvalue weighted by molar-refractivity contribution is 0.0705. The van der Waals surface area contributed by atoms with Gasteiger partial charge in [0.1, 0.15) is 5.69 Å². The number of amides is 1. The Morgan fingerprint density at radius 2 is 2.08 bits per heavy atom. The van der Waals surface area contributed by atoms with Gasteiger partial charge in [-0.1, -0.05) is 13.3 Å². The number of aromatic nitrogens is 3. The maximum absolute atomic E-state index is 12.6. The highest BCUT2D eigenvalue weighted by molar-refractivity contribution is 7.90.